The number of nitrogens with one attached hydrogen (secondary N) is 1. The first-order chi connectivity index (χ1) is 12.6. The Bertz CT molecular complexity index is 682. The average Bonchev–Trinajstić information content (AvgIpc) is 2.66. The summed E-state index contributed by atoms with van der Waals surface area (Å²) in [7, 11) is 0. The summed E-state index contributed by atoms with van der Waals surface area (Å²) >= 11 is 0. The third-order valence-corrected chi connectivity index (χ3v) is 4.20. The SMILES string of the molecule is CCOc1ccc(CCCNC(=O)[C@H](CC)Oc2ccccc2C)cc1. The van der Waals surface area contributed by atoms with Gasteiger partial charge in [-0.3, -0.25) is 4.79 Å². The highest BCUT2D eigenvalue weighted by Crippen LogP contribution is 2.19. The number of carbonyl (C=O) groups is 1. The van der Waals surface area contributed by atoms with E-state index in [1.54, 1.807) is 0 Å². The summed E-state index contributed by atoms with van der Waals surface area (Å²) in [6.45, 7) is 7.23. The first kappa shape index (κ1) is 19.8. The van der Waals surface area contributed by atoms with E-state index in [0.717, 1.165) is 29.9 Å². The van der Waals surface area contributed by atoms with Crippen LogP contribution in [0.5, 0.6) is 11.5 Å². The van der Waals surface area contributed by atoms with Crippen LogP contribution in [0.25, 0.3) is 0 Å². The van der Waals surface area contributed by atoms with E-state index in [4.69, 9.17) is 9.47 Å². The molecule has 0 heterocycles. The van der Waals surface area contributed by atoms with Crippen LogP contribution >= 0.6 is 0 Å². The van der Waals surface area contributed by atoms with Crippen LogP contribution in [0.15, 0.2) is 48.5 Å². The molecule has 0 saturated heterocycles. The standard InChI is InChI=1S/C22H29NO3/c1-4-20(26-21-11-7-6-9-17(21)3)22(24)23-16-8-10-18-12-14-19(15-13-18)25-5-2/h6-7,9,11-15,20H,4-5,8,10,16H2,1-3H3,(H,23,24)/t20-/m0/s1. The Labute approximate surface area is 156 Å². The van der Waals surface area contributed by atoms with E-state index < -0.39 is 6.10 Å². The van der Waals surface area contributed by atoms with Crippen molar-refractivity contribution in [2.75, 3.05) is 13.2 Å². The summed E-state index contributed by atoms with van der Waals surface area (Å²) in [5, 5.41) is 2.99. The molecule has 26 heavy (non-hydrogen) atoms. The van der Waals surface area contributed by atoms with Crippen molar-refractivity contribution < 1.29 is 14.3 Å². The van der Waals surface area contributed by atoms with Crippen molar-refractivity contribution in [1.29, 1.82) is 0 Å². The maximum Gasteiger partial charge on any atom is 0.261 e. The van der Waals surface area contributed by atoms with E-state index >= 15 is 0 Å². The number of aryl methyl sites for hydroxylation is 2. The van der Waals surface area contributed by atoms with Crippen LogP contribution in [0.3, 0.4) is 0 Å². The highest BCUT2D eigenvalue weighted by atomic mass is 16.5. The van der Waals surface area contributed by atoms with Crippen LogP contribution in [-0.2, 0) is 11.2 Å². The number of carbonyl (C=O) groups excluding carboxylic acids is 1. The van der Waals surface area contributed by atoms with Crippen LogP contribution in [0.1, 0.15) is 37.8 Å². The number of hydrogen-bond donors (Lipinski definition) is 1. The van der Waals surface area contributed by atoms with E-state index in [1.165, 1.54) is 5.56 Å². The Hall–Kier alpha value is -2.49. The van der Waals surface area contributed by atoms with Crippen LogP contribution in [0.2, 0.25) is 0 Å². The Morgan fingerprint density at radius 2 is 1.81 bits per heavy atom. The summed E-state index contributed by atoms with van der Waals surface area (Å²) in [4.78, 5) is 12.4. The number of benzene rings is 2. The molecule has 0 aliphatic heterocycles. The molecule has 4 nitrogen and oxygen atoms in total. The zero-order chi connectivity index (χ0) is 18.8. The van der Waals surface area contributed by atoms with Crippen molar-refractivity contribution in [2.45, 2.75) is 46.1 Å². The number of amides is 1. The molecule has 1 N–H and O–H groups in total. The molecule has 2 aromatic rings. The zero-order valence-corrected chi connectivity index (χ0v) is 16.0. The molecule has 0 aliphatic rings. The average molecular weight is 355 g/mol. The van der Waals surface area contributed by atoms with E-state index in [0.29, 0.717) is 19.6 Å². The van der Waals surface area contributed by atoms with Crippen molar-refractivity contribution in [3.8, 4) is 11.5 Å². The molecule has 2 aromatic carbocycles. The maximum atomic E-state index is 12.4. The quantitative estimate of drug-likeness (QED) is 0.647. The van der Waals surface area contributed by atoms with Gasteiger partial charge in [-0.25, -0.2) is 0 Å². The molecule has 0 fully saturated rings. The molecule has 0 spiro atoms. The highest BCUT2D eigenvalue weighted by Gasteiger charge is 2.18. The zero-order valence-electron chi connectivity index (χ0n) is 16.0. The lowest BCUT2D eigenvalue weighted by atomic mass is 10.1. The van der Waals surface area contributed by atoms with Crippen LogP contribution < -0.4 is 14.8 Å². The number of hydrogen-bond acceptors (Lipinski definition) is 3. The summed E-state index contributed by atoms with van der Waals surface area (Å²) in [5.74, 6) is 1.61. The molecule has 4 heteroatoms. The minimum absolute atomic E-state index is 0.0533. The summed E-state index contributed by atoms with van der Waals surface area (Å²) < 4.78 is 11.3. The van der Waals surface area contributed by atoms with Crippen molar-refractivity contribution in [1.82, 2.24) is 5.32 Å². The molecule has 1 amide bonds. The molecule has 0 aliphatic carbocycles. The normalized spacial score (nSPS) is 11.7. The molecule has 0 unspecified atom stereocenters. The van der Waals surface area contributed by atoms with Gasteiger partial charge in [-0.15, -0.1) is 0 Å². The molecular weight excluding hydrogens is 326 g/mol. The van der Waals surface area contributed by atoms with Crippen LogP contribution in [0, 0.1) is 6.92 Å². The number of ether oxygens (including phenoxy) is 2. The van der Waals surface area contributed by atoms with Gasteiger partial charge < -0.3 is 14.8 Å². The second kappa shape index (κ2) is 10.5. The monoisotopic (exact) mass is 355 g/mol. The molecular formula is C22H29NO3. The molecule has 140 valence electrons. The van der Waals surface area contributed by atoms with E-state index in [2.05, 4.69) is 17.4 Å². The Morgan fingerprint density at radius 3 is 2.46 bits per heavy atom. The minimum Gasteiger partial charge on any atom is -0.494 e. The van der Waals surface area contributed by atoms with Crippen molar-refractivity contribution in [2.24, 2.45) is 0 Å². The van der Waals surface area contributed by atoms with Gasteiger partial charge in [0.05, 0.1) is 6.61 Å². The number of para-hydroxylation sites is 1. The Morgan fingerprint density at radius 1 is 1.08 bits per heavy atom. The maximum absolute atomic E-state index is 12.4. The van der Waals surface area contributed by atoms with Gasteiger partial charge in [0.25, 0.3) is 5.91 Å². The molecule has 1 atom stereocenters. The van der Waals surface area contributed by atoms with Crippen molar-refractivity contribution in [3.63, 3.8) is 0 Å². The van der Waals surface area contributed by atoms with E-state index in [1.807, 2.05) is 57.2 Å². The van der Waals surface area contributed by atoms with Gasteiger partial charge in [-0.2, -0.15) is 0 Å². The van der Waals surface area contributed by atoms with Crippen molar-refractivity contribution in [3.05, 3.63) is 59.7 Å². The first-order valence-corrected chi connectivity index (χ1v) is 9.35. The third kappa shape index (κ3) is 6.10. The smallest absolute Gasteiger partial charge is 0.261 e. The summed E-state index contributed by atoms with van der Waals surface area (Å²) in [5.41, 5.74) is 2.28. The van der Waals surface area contributed by atoms with E-state index in [9.17, 15) is 4.79 Å². The fourth-order valence-electron chi connectivity index (χ4n) is 2.70. The molecule has 0 aromatic heterocycles. The van der Waals surface area contributed by atoms with Crippen LogP contribution in [0.4, 0.5) is 0 Å². The predicted octanol–water partition coefficient (Wildman–Crippen LogP) is 4.30. The van der Waals surface area contributed by atoms with Crippen LogP contribution in [-0.4, -0.2) is 25.2 Å². The molecule has 0 saturated carbocycles. The third-order valence-electron chi connectivity index (χ3n) is 4.20. The van der Waals surface area contributed by atoms with Gasteiger partial charge in [-0.1, -0.05) is 37.3 Å². The second-order valence-electron chi connectivity index (χ2n) is 6.25. The Kier molecular flexibility index (Phi) is 8.00. The van der Waals surface area contributed by atoms with Gasteiger partial charge in [0.15, 0.2) is 6.10 Å². The lowest BCUT2D eigenvalue weighted by Gasteiger charge is -2.18. The molecule has 2 rings (SSSR count). The van der Waals surface area contributed by atoms with Crippen molar-refractivity contribution >= 4 is 5.91 Å². The minimum atomic E-state index is -0.457. The summed E-state index contributed by atoms with van der Waals surface area (Å²) in [6.07, 6.45) is 1.99. The fraction of sp³-hybridized carbons (Fsp3) is 0.409. The first-order valence-electron chi connectivity index (χ1n) is 9.35. The fourth-order valence-corrected chi connectivity index (χ4v) is 2.70. The highest BCUT2D eigenvalue weighted by molar-refractivity contribution is 5.81. The topological polar surface area (TPSA) is 47.6 Å². The molecule has 0 bridgehead atoms. The number of rotatable bonds is 10. The summed E-state index contributed by atoms with van der Waals surface area (Å²) in [6, 6.07) is 15.9. The predicted molar refractivity (Wildman–Crippen MR) is 105 cm³/mol. The lowest BCUT2D eigenvalue weighted by molar-refractivity contribution is -0.128. The second-order valence-corrected chi connectivity index (χ2v) is 6.25. The van der Waals surface area contributed by atoms with Gasteiger partial charge in [-0.05, 0) is 62.4 Å². The molecule has 0 radical (unpaired) electrons. The van der Waals surface area contributed by atoms with Gasteiger partial charge in [0.1, 0.15) is 11.5 Å². The Balaban J connectivity index is 1.75. The lowest BCUT2D eigenvalue weighted by Crippen LogP contribution is -2.38. The van der Waals surface area contributed by atoms with Gasteiger partial charge >= 0.3 is 0 Å². The van der Waals surface area contributed by atoms with Gasteiger partial charge in [0, 0.05) is 6.54 Å². The van der Waals surface area contributed by atoms with E-state index in [-0.39, 0.29) is 5.91 Å². The van der Waals surface area contributed by atoms with Gasteiger partial charge in [0.2, 0.25) is 0 Å². The largest absolute Gasteiger partial charge is 0.494 e.